The van der Waals surface area contributed by atoms with Crippen LogP contribution in [0.5, 0.6) is 0 Å². The normalized spacial score (nSPS) is 13.0. The second-order valence-electron chi connectivity index (χ2n) is 7.10. The number of hydrogen-bond donors (Lipinski definition) is 1. The first-order valence-corrected chi connectivity index (χ1v) is 11.3. The SMILES string of the molecule is C[C@H](CNC(=O)CCCN(c1ccc(C(F)(F)F)cc1)S(C)(=O)=O)c1ccccc1. The van der Waals surface area contributed by atoms with Gasteiger partial charge in [0.2, 0.25) is 15.9 Å². The van der Waals surface area contributed by atoms with E-state index >= 15 is 0 Å². The predicted octanol–water partition coefficient (Wildman–Crippen LogP) is 4.17. The maximum atomic E-state index is 12.7. The summed E-state index contributed by atoms with van der Waals surface area (Å²) in [5.41, 5.74) is 0.374. The van der Waals surface area contributed by atoms with Crippen molar-refractivity contribution in [3.05, 3.63) is 65.7 Å². The van der Waals surface area contributed by atoms with Crippen LogP contribution in [0.4, 0.5) is 18.9 Å². The van der Waals surface area contributed by atoms with Crippen LogP contribution in [0.15, 0.2) is 54.6 Å². The van der Waals surface area contributed by atoms with Crippen molar-refractivity contribution in [2.45, 2.75) is 31.9 Å². The van der Waals surface area contributed by atoms with Crippen LogP contribution in [-0.4, -0.2) is 33.7 Å². The molecule has 2 aromatic rings. The molecule has 5 nitrogen and oxygen atoms in total. The molecule has 30 heavy (non-hydrogen) atoms. The Kier molecular flexibility index (Phi) is 7.89. The van der Waals surface area contributed by atoms with E-state index in [1.165, 1.54) is 0 Å². The third kappa shape index (κ3) is 7.05. The number of nitrogens with zero attached hydrogens (tertiary/aromatic N) is 1. The molecule has 0 aliphatic rings. The molecule has 0 unspecified atom stereocenters. The highest BCUT2D eigenvalue weighted by Gasteiger charge is 2.30. The zero-order valence-corrected chi connectivity index (χ0v) is 17.6. The number of amides is 1. The molecule has 1 amide bonds. The van der Waals surface area contributed by atoms with Crippen LogP contribution in [0, 0.1) is 0 Å². The summed E-state index contributed by atoms with van der Waals surface area (Å²) < 4.78 is 63.3. The van der Waals surface area contributed by atoms with Crippen LogP contribution in [0.25, 0.3) is 0 Å². The lowest BCUT2D eigenvalue weighted by Crippen LogP contribution is -2.32. The number of alkyl halides is 3. The van der Waals surface area contributed by atoms with Gasteiger partial charge in [-0.1, -0.05) is 37.3 Å². The molecule has 0 saturated heterocycles. The number of carbonyl (C=O) groups excluding carboxylic acids is 1. The standard InChI is InChI=1S/C21H25F3N2O3S/c1-16(17-7-4-3-5-8-17)15-25-20(27)9-6-14-26(30(2,28)29)19-12-10-18(11-13-19)21(22,23)24/h3-5,7-8,10-13,16H,6,9,14-15H2,1-2H3,(H,25,27)/t16-/m1/s1. The molecule has 0 aromatic heterocycles. The van der Waals surface area contributed by atoms with E-state index in [0.717, 1.165) is 40.4 Å². The molecule has 0 spiro atoms. The predicted molar refractivity (Wildman–Crippen MR) is 111 cm³/mol. The van der Waals surface area contributed by atoms with Crippen LogP contribution in [0.3, 0.4) is 0 Å². The topological polar surface area (TPSA) is 66.5 Å². The highest BCUT2D eigenvalue weighted by atomic mass is 32.2. The first-order chi connectivity index (χ1) is 14.0. The van der Waals surface area contributed by atoms with Gasteiger partial charge in [0.25, 0.3) is 0 Å². The number of sulfonamides is 1. The van der Waals surface area contributed by atoms with Crippen molar-refractivity contribution in [2.75, 3.05) is 23.7 Å². The number of rotatable bonds is 9. The van der Waals surface area contributed by atoms with E-state index in [9.17, 15) is 26.4 Å². The molecule has 2 aromatic carbocycles. The second-order valence-corrected chi connectivity index (χ2v) is 9.01. The monoisotopic (exact) mass is 442 g/mol. The molecule has 164 valence electrons. The van der Waals surface area contributed by atoms with Crippen molar-refractivity contribution in [1.29, 1.82) is 0 Å². The third-order valence-corrected chi connectivity index (χ3v) is 5.82. The summed E-state index contributed by atoms with van der Waals surface area (Å²) in [5, 5.41) is 2.83. The number of nitrogens with one attached hydrogen (secondary N) is 1. The quantitative estimate of drug-likeness (QED) is 0.634. The fourth-order valence-electron chi connectivity index (χ4n) is 2.94. The van der Waals surface area contributed by atoms with Gasteiger partial charge in [0.1, 0.15) is 0 Å². The number of carbonyl (C=O) groups is 1. The molecular weight excluding hydrogens is 417 g/mol. The summed E-state index contributed by atoms with van der Waals surface area (Å²) in [6.07, 6.45) is -3.18. The molecule has 0 aliphatic heterocycles. The lowest BCUT2D eigenvalue weighted by molar-refractivity contribution is -0.137. The molecular formula is C21H25F3N2O3S. The summed E-state index contributed by atoms with van der Waals surface area (Å²) in [6.45, 7) is 2.44. The Morgan fingerprint density at radius 3 is 2.20 bits per heavy atom. The van der Waals surface area contributed by atoms with E-state index in [0.29, 0.717) is 6.54 Å². The Labute approximate surface area is 175 Å². The summed E-state index contributed by atoms with van der Waals surface area (Å²) in [5.74, 6) is -0.0755. The van der Waals surface area contributed by atoms with E-state index in [-0.39, 0.29) is 36.9 Å². The van der Waals surface area contributed by atoms with E-state index in [2.05, 4.69) is 5.32 Å². The average Bonchev–Trinajstić information content (AvgIpc) is 2.68. The summed E-state index contributed by atoms with van der Waals surface area (Å²) in [4.78, 5) is 12.1. The fourth-order valence-corrected chi connectivity index (χ4v) is 3.91. The number of anilines is 1. The van der Waals surface area contributed by atoms with Crippen LogP contribution in [0.1, 0.15) is 36.8 Å². The lowest BCUT2D eigenvalue weighted by Gasteiger charge is -2.23. The van der Waals surface area contributed by atoms with Gasteiger partial charge in [-0.3, -0.25) is 9.10 Å². The summed E-state index contributed by atoms with van der Waals surface area (Å²) in [6, 6.07) is 13.6. The zero-order valence-electron chi connectivity index (χ0n) is 16.8. The van der Waals surface area contributed by atoms with E-state index < -0.39 is 21.8 Å². The van der Waals surface area contributed by atoms with Crippen molar-refractivity contribution in [1.82, 2.24) is 5.32 Å². The van der Waals surface area contributed by atoms with Crippen LogP contribution < -0.4 is 9.62 Å². The highest BCUT2D eigenvalue weighted by Crippen LogP contribution is 2.31. The average molecular weight is 443 g/mol. The first-order valence-electron chi connectivity index (χ1n) is 9.45. The largest absolute Gasteiger partial charge is 0.416 e. The molecule has 0 heterocycles. The molecule has 1 atom stereocenters. The highest BCUT2D eigenvalue weighted by molar-refractivity contribution is 7.92. The van der Waals surface area contributed by atoms with E-state index in [1.54, 1.807) is 0 Å². The van der Waals surface area contributed by atoms with Gasteiger partial charge in [0, 0.05) is 19.5 Å². The molecule has 9 heteroatoms. The van der Waals surface area contributed by atoms with Crippen molar-refractivity contribution in [3.8, 4) is 0 Å². The van der Waals surface area contributed by atoms with Gasteiger partial charge in [-0.15, -0.1) is 0 Å². The van der Waals surface area contributed by atoms with Gasteiger partial charge < -0.3 is 5.32 Å². The van der Waals surface area contributed by atoms with Gasteiger partial charge in [-0.25, -0.2) is 8.42 Å². The van der Waals surface area contributed by atoms with Crippen molar-refractivity contribution in [2.24, 2.45) is 0 Å². The van der Waals surface area contributed by atoms with Crippen molar-refractivity contribution in [3.63, 3.8) is 0 Å². The Morgan fingerprint density at radius 2 is 1.67 bits per heavy atom. The molecule has 0 bridgehead atoms. The fraction of sp³-hybridized carbons (Fsp3) is 0.381. The molecule has 0 fully saturated rings. The molecule has 1 N–H and O–H groups in total. The minimum Gasteiger partial charge on any atom is -0.356 e. The van der Waals surface area contributed by atoms with Crippen LogP contribution in [-0.2, 0) is 21.0 Å². The Bertz CT molecular complexity index is 930. The zero-order chi connectivity index (χ0) is 22.4. The Hall–Kier alpha value is -2.55. The van der Waals surface area contributed by atoms with Gasteiger partial charge >= 0.3 is 6.18 Å². The third-order valence-electron chi connectivity index (χ3n) is 4.62. The number of benzene rings is 2. The maximum absolute atomic E-state index is 12.7. The molecule has 0 saturated carbocycles. The van der Waals surface area contributed by atoms with E-state index in [1.807, 2.05) is 37.3 Å². The van der Waals surface area contributed by atoms with Gasteiger partial charge in [-0.2, -0.15) is 13.2 Å². The van der Waals surface area contributed by atoms with E-state index in [4.69, 9.17) is 0 Å². The molecule has 0 radical (unpaired) electrons. The first kappa shape index (κ1) is 23.7. The lowest BCUT2D eigenvalue weighted by atomic mass is 10.0. The second kappa shape index (κ2) is 9.97. The Balaban J connectivity index is 1.90. The van der Waals surface area contributed by atoms with Crippen LogP contribution in [0.2, 0.25) is 0 Å². The van der Waals surface area contributed by atoms with Gasteiger partial charge in [-0.05, 0) is 42.2 Å². The van der Waals surface area contributed by atoms with Crippen molar-refractivity contribution < 1.29 is 26.4 Å². The molecule has 2 rings (SSSR count). The van der Waals surface area contributed by atoms with Gasteiger partial charge in [0.15, 0.2) is 0 Å². The smallest absolute Gasteiger partial charge is 0.356 e. The molecule has 0 aliphatic carbocycles. The Morgan fingerprint density at radius 1 is 1.07 bits per heavy atom. The summed E-state index contributed by atoms with van der Waals surface area (Å²) >= 11 is 0. The minimum absolute atomic E-state index is 0.00808. The minimum atomic E-state index is -4.50. The maximum Gasteiger partial charge on any atom is 0.416 e. The number of halogens is 3. The van der Waals surface area contributed by atoms with Crippen LogP contribution >= 0.6 is 0 Å². The van der Waals surface area contributed by atoms with Crippen molar-refractivity contribution >= 4 is 21.6 Å². The number of hydrogen-bond acceptors (Lipinski definition) is 3. The van der Waals surface area contributed by atoms with Gasteiger partial charge in [0.05, 0.1) is 17.5 Å². The summed E-state index contributed by atoms with van der Waals surface area (Å²) in [7, 11) is -3.71.